The Morgan fingerprint density at radius 3 is 2.71 bits per heavy atom. The number of hydrogen-bond donors (Lipinski definition) is 1. The zero-order chi connectivity index (χ0) is 16.7. The van der Waals surface area contributed by atoms with Crippen molar-refractivity contribution in [3.63, 3.8) is 0 Å². The van der Waals surface area contributed by atoms with Crippen LogP contribution >= 0.6 is 11.3 Å². The predicted molar refractivity (Wildman–Crippen MR) is 91.2 cm³/mol. The topological polar surface area (TPSA) is 49.4 Å². The molecule has 0 radical (unpaired) electrons. The number of fused-ring (bicyclic) bond motifs is 1. The molecule has 124 valence electrons. The highest BCUT2D eigenvalue weighted by atomic mass is 32.1. The van der Waals surface area contributed by atoms with Crippen LogP contribution in [-0.2, 0) is 6.42 Å². The first-order valence-electron chi connectivity index (χ1n) is 8.10. The van der Waals surface area contributed by atoms with Crippen molar-refractivity contribution in [3.05, 3.63) is 51.5 Å². The Kier molecular flexibility index (Phi) is 3.84. The summed E-state index contributed by atoms with van der Waals surface area (Å²) in [6, 6.07) is 7.36. The van der Waals surface area contributed by atoms with Gasteiger partial charge in [0.15, 0.2) is 0 Å². The summed E-state index contributed by atoms with van der Waals surface area (Å²) in [5.74, 6) is 0.0584. The third-order valence-corrected chi connectivity index (χ3v) is 5.63. The predicted octanol–water partition coefficient (Wildman–Crippen LogP) is 3.23. The van der Waals surface area contributed by atoms with E-state index >= 15 is 0 Å². The second-order valence-corrected chi connectivity index (χ2v) is 7.42. The molecule has 4 rings (SSSR count). The lowest BCUT2D eigenvalue weighted by Crippen LogP contribution is -2.29. The van der Waals surface area contributed by atoms with Crippen LogP contribution in [0.3, 0.4) is 0 Å². The first-order valence-corrected chi connectivity index (χ1v) is 8.92. The standard InChI is InChI=1S/C18H17FN2O2S/c19-13-5-3-12(4-6-13)18(23)21-8-7-15-14(21)9-16(24-15)17(22)20-10-11-1-2-11/h3-6,9,11H,1-2,7-8,10H2,(H,20,22). The van der Waals surface area contributed by atoms with Crippen LogP contribution < -0.4 is 10.2 Å². The normalized spacial score (nSPS) is 16.1. The summed E-state index contributed by atoms with van der Waals surface area (Å²) >= 11 is 1.46. The van der Waals surface area contributed by atoms with Gasteiger partial charge in [-0.15, -0.1) is 11.3 Å². The number of hydrogen-bond acceptors (Lipinski definition) is 3. The van der Waals surface area contributed by atoms with E-state index in [1.54, 1.807) is 11.0 Å². The van der Waals surface area contributed by atoms with Gasteiger partial charge in [0.1, 0.15) is 5.82 Å². The minimum absolute atomic E-state index is 0.0597. The first kappa shape index (κ1) is 15.3. The number of amides is 2. The molecule has 1 fully saturated rings. The van der Waals surface area contributed by atoms with Crippen LogP contribution in [0, 0.1) is 11.7 Å². The molecule has 0 bridgehead atoms. The molecule has 1 aliphatic carbocycles. The lowest BCUT2D eigenvalue weighted by Gasteiger charge is -2.16. The summed E-state index contributed by atoms with van der Waals surface area (Å²) in [5.41, 5.74) is 1.26. The Labute approximate surface area is 143 Å². The maximum Gasteiger partial charge on any atom is 0.261 e. The zero-order valence-corrected chi connectivity index (χ0v) is 13.9. The van der Waals surface area contributed by atoms with Gasteiger partial charge in [-0.1, -0.05) is 0 Å². The van der Waals surface area contributed by atoms with Gasteiger partial charge in [0, 0.05) is 30.0 Å². The van der Waals surface area contributed by atoms with Crippen molar-refractivity contribution in [2.75, 3.05) is 18.0 Å². The molecular weight excluding hydrogens is 327 g/mol. The molecule has 24 heavy (non-hydrogen) atoms. The maximum atomic E-state index is 13.0. The number of benzene rings is 1. The van der Waals surface area contributed by atoms with Gasteiger partial charge in [-0.05, 0) is 49.1 Å². The molecule has 4 nitrogen and oxygen atoms in total. The van der Waals surface area contributed by atoms with Crippen molar-refractivity contribution in [1.82, 2.24) is 5.32 Å². The van der Waals surface area contributed by atoms with Crippen molar-refractivity contribution >= 4 is 28.8 Å². The molecule has 0 unspecified atom stereocenters. The molecule has 1 N–H and O–H groups in total. The molecule has 2 aromatic rings. The molecule has 0 spiro atoms. The van der Waals surface area contributed by atoms with Gasteiger partial charge in [-0.2, -0.15) is 0 Å². The second kappa shape index (κ2) is 6.02. The molecule has 1 aromatic heterocycles. The molecule has 0 saturated heterocycles. The summed E-state index contributed by atoms with van der Waals surface area (Å²) in [4.78, 5) is 28.2. The molecule has 2 aliphatic rings. The molecule has 6 heteroatoms. The maximum absolute atomic E-state index is 13.0. The lowest BCUT2D eigenvalue weighted by atomic mass is 10.2. The van der Waals surface area contributed by atoms with Crippen LogP contribution in [0.1, 0.15) is 37.7 Å². The van der Waals surface area contributed by atoms with Crippen molar-refractivity contribution in [2.24, 2.45) is 5.92 Å². The third kappa shape index (κ3) is 2.94. The average molecular weight is 344 g/mol. The van der Waals surface area contributed by atoms with E-state index in [4.69, 9.17) is 0 Å². The molecule has 1 saturated carbocycles. The van der Waals surface area contributed by atoms with E-state index < -0.39 is 0 Å². The minimum Gasteiger partial charge on any atom is -0.351 e. The van der Waals surface area contributed by atoms with E-state index in [0.29, 0.717) is 22.9 Å². The average Bonchev–Trinajstić information content (AvgIpc) is 3.18. The third-order valence-electron chi connectivity index (χ3n) is 4.45. The van der Waals surface area contributed by atoms with Crippen LogP contribution in [0.15, 0.2) is 30.3 Å². The van der Waals surface area contributed by atoms with E-state index in [0.717, 1.165) is 23.5 Å². The van der Waals surface area contributed by atoms with Crippen molar-refractivity contribution in [3.8, 4) is 0 Å². The number of rotatable bonds is 4. The van der Waals surface area contributed by atoms with Crippen LogP contribution in [0.25, 0.3) is 0 Å². The fraction of sp³-hybridized carbons (Fsp3) is 0.333. The summed E-state index contributed by atoms with van der Waals surface area (Å²) in [5, 5.41) is 2.96. The number of nitrogens with one attached hydrogen (secondary N) is 1. The van der Waals surface area contributed by atoms with E-state index in [1.165, 1.54) is 48.4 Å². The summed E-state index contributed by atoms with van der Waals surface area (Å²) in [6.45, 7) is 1.33. The highest BCUT2D eigenvalue weighted by Gasteiger charge is 2.29. The van der Waals surface area contributed by atoms with E-state index in [2.05, 4.69) is 5.32 Å². The van der Waals surface area contributed by atoms with Crippen molar-refractivity contribution in [2.45, 2.75) is 19.3 Å². The Bertz CT molecular complexity index is 796. The Morgan fingerprint density at radius 1 is 1.25 bits per heavy atom. The fourth-order valence-electron chi connectivity index (χ4n) is 2.88. The van der Waals surface area contributed by atoms with E-state index in [9.17, 15) is 14.0 Å². The van der Waals surface area contributed by atoms with Gasteiger partial charge >= 0.3 is 0 Å². The highest BCUT2D eigenvalue weighted by Crippen LogP contribution is 2.37. The molecule has 0 atom stereocenters. The number of halogens is 1. The molecule has 2 amide bonds. The van der Waals surface area contributed by atoms with Crippen LogP contribution in [0.4, 0.5) is 10.1 Å². The lowest BCUT2D eigenvalue weighted by molar-refractivity contribution is 0.0953. The van der Waals surface area contributed by atoms with Gasteiger partial charge in [0.2, 0.25) is 0 Å². The summed E-state index contributed by atoms with van der Waals surface area (Å²) in [7, 11) is 0. The smallest absolute Gasteiger partial charge is 0.261 e. The second-order valence-electron chi connectivity index (χ2n) is 6.29. The Hall–Kier alpha value is -2.21. The number of thiophene rings is 1. The number of carbonyl (C=O) groups excluding carboxylic acids is 2. The SMILES string of the molecule is O=C(NCC1CC1)c1cc2c(s1)CCN2C(=O)c1ccc(F)cc1. The Balaban J connectivity index is 1.51. The van der Waals surface area contributed by atoms with Gasteiger partial charge in [0.05, 0.1) is 10.6 Å². The molecular formula is C18H17FN2O2S. The van der Waals surface area contributed by atoms with Gasteiger partial charge in [-0.25, -0.2) is 4.39 Å². The van der Waals surface area contributed by atoms with Crippen LogP contribution in [0.2, 0.25) is 0 Å². The summed E-state index contributed by atoms with van der Waals surface area (Å²) in [6.07, 6.45) is 3.14. The first-order chi connectivity index (χ1) is 11.6. The van der Waals surface area contributed by atoms with Gasteiger partial charge in [-0.3, -0.25) is 9.59 Å². The molecule has 1 aliphatic heterocycles. The fourth-order valence-corrected chi connectivity index (χ4v) is 3.95. The highest BCUT2D eigenvalue weighted by molar-refractivity contribution is 7.14. The Morgan fingerprint density at radius 2 is 2.00 bits per heavy atom. The summed E-state index contributed by atoms with van der Waals surface area (Å²) < 4.78 is 13.0. The monoisotopic (exact) mass is 344 g/mol. The van der Waals surface area contributed by atoms with Crippen LogP contribution in [0.5, 0.6) is 0 Å². The number of carbonyl (C=O) groups is 2. The number of nitrogens with zero attached hydrogens (tertiary/aromatic N) is 1. The largest absolute Gasteiger partial charge is 0.351 e. The van der Waals surface area contributed by atoms with Crippen molar-refractivity contribution in [1.29, 1.82) is 0 Å². The van der Waals surface area contributed by atoms with Crippen LogP contribution in [-0.4, -0.2) is 24.9 Å². The van der Waals surface area contributed by atoms with Gasteiger partial charge in [0.25, 0.3) is 11.8 Å². The minimum atomic E-state index is -0.362. The van der Waals surface area contributed by atoms with E-state index in [1.807, 2.05) is 0 Å². The zero-order valence-electron chi connectivity index (χ0n) is 13.0. The number of anilines is 1. The van der Waals surface area contributed by atoms with Gasteiger partial charge < -0.3 is 10.2 Å². The quantitative estimate of drug-likeness (QED) is 0.926. The van der Waals surface area contributed by atoms with Crippen molar-refractivity contribution < 1.29 is 14.0 Å². The van der Waals surface area contributed by atoms with E-state index in [-0.39, 0.29) is 17.6 Å². The molecule has 2 heterocycles. The molecule has 1 aromatic carbocycles.